The maximum atomic E-state index is 12.6. The van der Waals surface area contributed by atoms with Gasteiger partial charge in [-0.15, -0.1) is 0 Å². The summed E-state index contributed by atoms with van der Waals surface area (Å²) < 4.78 is 39.3. The van der Waals surface area contributed by atoms with Crippen LogP contribution in [0.1, 0.15) is 21.5 Å². The quantitative estimate of drug-likeness (QED) is 0.777. The van der Waals surface area contributed by atoms with Crippen LogP contribution in [-0.4, -0.2) is 41.9 Å². The summed E-state index contributed by atoms with van der Waals surface area (Å²) in [6, 6.07) is 7.96. The zero-order valence-corrected chi connectivity index (χ0v) is 16.8. The predicted molar refractivity (Wildman–Crippen MR) is 102 cm³/mol. The molecule has 0 aromatic heterocycles. The van der Waals surface area contributed by atoms with Crippen LogP contribution >= 0.6 is 0 Å². The van der Waals surface area contributed by atoms with Crippen LogP contribution in [0.4, 0.5) is 0 Å². The number of carbonyl (C=O) groups is 1. The second kappa shape index (κ2) is 8.30. The van der Waals surface area contributed by atoms with Crippen molar-refractivity contribution in [2.75, 3.05) is 27.6 Å². The molecule has 2 aromatic carbocycles. The molecule has 0 spiro atoms. The Morgan fingerprint density at radius 2 is 1.59 bits per heavy atom. The molecule has 0 atom stereocenters. The van der Waals surface area contributed by atoms with Crippen molar-refractivity contribution >= 4 is 15.7 Å². The molecule has 0 saturated carbocycles. The van der Waals surface area contributed by atoms with E-state index in [-0.39, 0.29) is 17.3 Å². The van der Waals surface area contributed by atoms with Crippen molar-refractivity contribution in [2.24, 2.45) is 0 Å². The van der Waals surface area contributed by atoms with Crippen LogP contribution in [0.3, 0.4) is 0 Å². The van der Waals surface area contributed by atoms with Crippen molar-refractivity contribution in [2.45, 2.75) is 18.4 Å². The third-order valence-electron chi connectivity index (χ3n) is 4.06. The average molecular weight is 393 g/mol. The molecule has 1 N–H and O–H groups in total. The normalized spacial score (nSPS) is 11.0. The molecule has 2 rings (SSSR count). The molecule has 0 saturated heterocycles. The first-order chi connectivity index (χ1) is 12.7. The second-order valence-corrected chi connectivity index (χ2v) is 7.98. The van der Waals surface area contributed by atoms with Crippen molar-refractivity contribution in [3.63, 3.8) is 0 Å². The van der Waals surface area contributed by atoms with Gasteiger partial charge in [0.1, 0.15) is 0 Å². The molecular formula is C19H23NO6S. The molecule has 8 heteroatoms. The van der Waals surface area contributed by atoms with Gasteiger partial charge in [-0.2, -0.15) is 0 Å². The fourth-order valence-corrected chi connectivity index (χ4v) is 3.24. The fourth-order valence-electron chi connectivity index (χ4n) is 2.59. The molecule has 146 valence electrons. The number of hydrogen-bond acceptors (Lipinski definition) is 6. The van der Waals surface area contributed by atoms with E-state index in [1.807, 2.05) is 0 Å². The zero-order valence-electron chi connectivity index (χ0n) is 16.0. The monoisotopic (exact) mass is 393 g/mol. The average Bonchev–Trinajstić information content (AvgIpc) is 2.64. The van der Waals surface area contributed by atoms with Crippen LogP contribution in [0.2, 0.25) is 0 Å². The first-order valence-electron chi connectivity index (χ1n) is 8.09. The Kier molecular flexibility index (Phi) is 6.32. The van der Waals surface area contributed by atoms with Crippen molar-refractivity contribution in [1.29, 1.82) is 0 Å². The van der Waals surface area contributed by atoms with Crippen LogP contribution in [-0.2, 0) is 16.4 Å². The van der Waals surface area contributed by atoms with Gasteiger partial charge in [-0.25, -0.2) is 8.42 Å². The van der Waals surface area contributed by atoms with E-state index in [1.165, 1.54) is 33.5 Å². The number of sulfone groups is 1. The van der Waals surface area contributed by atoms with E-state index in [2.05, 4.69) is 5.32 Å². The molecule has 0 fully saturated rings. The maximum Gasteiger partial charge on any atom is 0.251 e. The minimum absolute atomic E-state index is 0.103. The summed E-state index contributed by atoms with van der Waals surface area (Å²) in [5.74, 6) is 1.06. The van der Waals surface area contributed by atoms with E-state index in [1.54, 1.807) is 25.1 Å². The lowest BCUT2D eigenvalue weighted by Crippen LogP contribution is -2.24. The van der Waals surface area contributed by atoms with Gasteiger partial charge in [0, 0.05) is 18.4 Å². The van der Waals surface area contributed by atoms with E-state index < -0.39 is 9.84 Å². The summed E-state index contributed by atoms with van der Waals surface area (Å²) in [7, 11) is 1.15. The number of carbonyl (C=O) groups excluding carboxylic acids is 1. The summed E-state index contributed by atoms with van der Waals surface area (Å²) in [4.78, 5) is 12.7. The van der Waals surface area contributed by atoms with Gasteiger partial charge in [-0.1, -0.05) is 6.07 Å². The number of methoxy groups -OCH3 is 3. The SMILES string of the molecule is COc1cc(CNC(=O)c2cc(S(C)(=O)=O)ccc2C)cc(OC)c1OC. The minimum atomic E-state index is -3.40. The molecule has 0 radical (unpaired) electrons. The summed E-state index contributed by atoms with van der Waals surface area (Å²) in [6.45, 7) is 1.96. The third kappa shape index (κ3) is 4.71. The Morgan fingerprint density at radius 3 is 2.07 bits per heavy atom. The van der Waals surface area contributed by atoms with E-state index in [4.69, 9.17) is 14.2 Å². The number of hydrogen-bond donors (Lipinski definition) is 1. The van der Waals surface area contributed by atoms with Crippen LogP contribution in [0.25, 0.3) is 0 Å². The molecule has 0 unspecified atom stereocenters. The molecule has 2 aromatic rings. The van der Waals surface area contributed by atoms with Gasteiger partial charge >= 0.3 is 0 Å². The number of ether oxygens (including phenoxy) is 3. The Labute approximate surface area is 159 Å². The number of amides is 1. The number of benzene rings is 2. The predicted octanol–water partition coefficient (Wildman–Crippen LogP) is 2.35. The molecular weight excluding hydrogens is 370 g/mol. The molecule has 1 amide bonds. The van der Waals surface area contributed by atoms with Crippen molar-refractivity contribution in [1.82, 2.24) is 5.32 Å². The lowest BCUT2D eigenvalue weighted by Gasteiger charge is -2.15. The van der Waals surface area contributed by atoms with Crippen molar-refractivity contribution in [3.8, 4) is 17.2 Å². The summed E-state index contributed by atoms with van der Waals surface area (Å²) in [5, 5.41) is 2.79. The Bertz CT molecular complexity index is 928. The van der Waals surface area contributed by atoms with Crippen molar-refractivity contribution < 1.29 is 27.4 Å². The molecule has 0 aliphatic rings. The first kappa shape index (κ1) is 20.6. The summed E-state index contributed by atoms with van der Waals surface area (Å²) in [5.41, 5.74) is 1.74. The standard InChI is InChI=1S/C19H23NO6S/c1-12-6-7-14(27(5,22)23)10-15(12)19(21)20-11-13-8-16(24-2)18(26-4)17(9-13)25-3/h6-10H,11H2,1-5H3,(H,20,21). The van der Waals surface area contributed by atoms with E-state index in [9.17, 15) is 13.2 Å². The number of nitrogens with one attached hydrogen (secondary N) is 1. The first-order valence-corrected chi connectivity index (χ1v) is 9.98. The van der Waals surface area contributed by atoms with Gasteiger partial charge in [-0.05, 0) is 42.3 Å². The van der Waals surface area contributed by atoms with Crippen LogP contribution in [0.5, 0.6) is 17.2 Å². The number of rotatable bonds is 7. The van der Waals surface area contributed by atoms with E-state index in [0.29, 0.717) is 28.4 Å². The second-order valence-electron chi connectivity index (χ2n) is 5.97. The summed E-state index contributed by atoms with van der Waals surface area (Å²) >= 11 is 0. The van der Waals surface area contributed by atoms with Crippen LogP contribution in [0.15, 0.2) is 35.2 Å². The summed E-state index contributed by atoms with van der Waals surface area (Å²) in [6.07, 6.45) is 1.11. The fraction of sp³-hybridized carbons (Fsp3) is 0.316. The van der Waals surface area contributed by atoms with Crippen LogP contribution in [0, 0.1) is 6.92 Å². The van der Waals surface area contributed by atoms with E-state index in [0.717, 1.165) is 11.8 Å². The maximum absolute atomic E-state index is 12.6. The molecule has 7 nitrogen and oxygen atoms in total. The largest absolute Gasteiger partial charge is 0.493 e. The smallest absolute Gasteiger partial charge is 0.251 e. The van der Waals surface area contributed by atoms with Gasteiger partial charge in [0.25, 0.3) is 5.91 Å². The molecule has 0 aliphatic heterocycles. The highest BCUT2D eigenvalue weighted by molar-refractivity contribution is 7.90. The van der Waals surface area contributed by atoms with Gasteiger partial charge < -0.3 is 19.5 Å². The van der Waals surface area contributed by atoms with Crippen LogP contribution < -0.4 is 19.5 Å². The molecule has 27 heavy (non-hydrogen) atoms. The molecule has 0 heterocycles. The molecule has 0 bridgehead atoms. The minimum Gasteiger partial charge on any atom is -0.493 e. The van der Waals surface area contributed by atoms with Crippen molar-refractivity contribution in [3.05, 3.63) is 47.0 Å². The van der Waals surface area contributed by atoms with Gasteiger partial charge in [0.2, 0.25) is 5.75 Å². The Hall–Kier alpha value is -2.74. The highest BCUT2D eigenvalue weighted by Crippen LogP contribution is 2.38. The number of aryl methyl sites for hydroxylation is 1. The Balaban J connectivity index is 2.26. The van der Waals surface area contributed by atoms with Gasteiger partial charge in [-0.3, -0.25) is 4.79 Å². The zero-order chi connectivity index (χ0) is 20.2. The lowest BCUT2D eigenvalue weighted by atomic mass is 10.1. The van der Waals surface area contributed by atoms with Gasteiger partial charge in [0.15, 0.2) is 21.3 Å². The highest BCUT2D eigenvalue weighted by atomic mass is 32.2. The third-order valence-corrected chi connectivity index (χ3v) is 5.17. The highest BCUT2D eigenvalue weighted by Gasteiger charge is 2.16. The molecule has 0 aliphatic carbocycles. The van der Waals surface area contributed by atoms with Gasteiger partial charge in [0.05, 0.1) is 26.2 Å². The topological polar surface area (TPSA) is 90.9 Å². The Morgan fingerprint density at radius 1 is 1.00 bits per heavy atom. The van der Waals surface area contributed by atoms with E-state index >= 15 is 0 Å². The lowest BCUT2D eigenvalue weighted by molar-refractivity contribution is 0.0950.